The maximum Gasteiger partial charge on any atom is 0.416 e. The molecule has 0 unspecified atom stereocenters. The largest absolute Gasteiger partial charge is 0.478 e. The molecule has 0 bridgehead atoms. The highest BCUT2D eigenvalue weighted by atomic mass is 19.4. The highest BCUT2D eigenvalue weighted by molar-refractivity contribution is 5.94. The van der Waals surface area contributed by atoms with Crippen molar-refractivity contribution in [1.29, 1.82) is 0 Å². The van der Waals surface area contributed by atoms with Gasteiger partial charge in [0.05, 0.1) is 17.2 Å². The molecule has 7 heteroatoms. The second-order valence-corrected chi connectivity index (χ2v) is 4.95. The number of ether oxygens (including phenoxy) is 1. The Hall–Kier alpha value is -1.76. The maximum absolute atomic E-state index is 12.6. The molecule has 1 saturated carbocycles. The molecule has 21 heavy (non-hydrogen) atoms. The zero-order valence-corrected chi connectivity index (χ0v) is 11.4. The number of carbonyl (C=O) groups is 1. The SMILES string of the molecule is CCOC1CC(Nc2ccc(C(F)(F)F)cc2C(=O)O)C1. The van der Waals surface area contributed by atoms with Crippen molar-refractivity contribution >= 4 is 11.7 Å². The van der Waals surface area contributed by atoms with Gasteiger partial charge >= 0.3 is 12.1 Å². The van der Waals surface area contributed by atoms with Gasteiger partial charge in [-0.1, -0.05) is 0 Å². The molecule has 116 valence electrons. The third kappa shape index (κ3) is 3.66. The van der Waals surface area contributed by atoms with Crippen LogP contribution in [0.5, 0.6) is 0 Å². The number of aromatic carboxylic acids is 1. The van der Waals surface area contributed by atoms with Gasteiger partial charge in [0.25, 0.3) is 0 Å². The first kappa shape index (κ1) is 15.6. The number of hydrogen-bond donors (Lipinski definition) is 2. The standard InChI is InChI=1S/C14H16F3NO3/c1-2-21-10-6-9(7-10)18-12-4-3-8(14(15,16)17)5-11(12)13(19)20/h3-5,9-10,18H,2,6-7H2,1H3,(H,19,20). The van der Waals surface area contributed by atoms with E-state index in [1.165, 1.54) is 6.07 Å². The second-order valence-electron chi connectivity index (χ2n) is 4.95. The summed E-state index contributed by atoms with van der Waals surface area (Å²) in [6.45, 7) is 2.50. The van der Waals surface area contributed by atoms with Crippen LogP contribution in [0.4, 0.5) is 18.9 Å². The van der Waals surface area contributed by atoms with Gasteiger partial charge in [-0.25, -0.2) is 4.79 Å². The van der Waals surface area contributed by atoms with Crippen molar-refractivity contribution in [2.75, 3.05) is 11.9 Å². The summed E-state index contributed by atoms with van der Waals surface area (Å²) in [6, 6.07) is 2.73. The summed E-state index contributed by atoms with van der Waals surface area (Å²) in [5.74, 6) is -1.38. The van der Waals surface area contributed by atoms with Crippen molar-refractivity contribution in [3.05, 3.63) is 29.3 Å². The fourth-order valence-electron chi connectivity index (χ4n) is 2.30. The summed E-state index contributed by atoms with van der Waals surface area (Å²) in [6.07, 6.45) is -2.99. The van der Waals surface area contributed by atoms with Crippen LogP contribution in [-0.2, 0) is 10.9 Å². The van der Waals surface area contributed by atoms with Crippen molar-refractivity contribution < 1.29 is 27.8 Å². The third-order valence-electron chi connectivity index (χ3n) is 3.43. The number of hydrogen-bond acceptors (Lipinski definition) is 3. The van der Waals surface area contributed by atoms with Crippen LogP contribution in [0.25, 0.3) is 0 Å². The van der Waals surface area contributed by atoms with Gasteiger partial charge in [-0.15, -0.1) is 0 Å². The van der Waals surface area contributed by atoms with Crippen LogP contribution in [0.2, 0.25) is 0 Å². The van der Waals surface area contributed by atoms with Gasteiger partial charge < -0.3 is 15.2 Å². The molecular weight excluding hydrogens is 287 g/mol. The third-order valence-corrected chi connectivity index (χ3v) is 3.43. The molecule has 0 aromatic heterocycles. The maximum atomic E-state index is 12.6. The second kappa shape index (κ2) is 5.93. The van der Waals surface area contributed by atoms with Crippen molar-refractivity contribution in [2.45, 2.75) is 38.1 Å². The molecule has 2 N–H and O–H groups in total. The van der Waals surface area contributed by atoms with Gasteiger partial charge in [-0.05, 0) is 38.0 Å². The predicted octanol–water partition coefficient (Wildman–Crippen LogP) is 3.38. The van der Waals surface area contributed by atoms with Crippen LogP contribution in [0.1, 0.15) is 35.7 Å². The normalized spacial score (nSPS) is 21.7. The van der Waals surface area contributed by atoms with Gasteiger partial charge in [0.1, 0.15) is 0 Å². The van der Waals surface area contributed by atoms with E-state index >= 15 is 0 Å². The quantitative estimate of drug-likeness (QED) is 0.875. The summed E-state index contributed by atoms with van der Waals surface area (Å²) >= 11 is 0. The Kier molecular flexibility index (Phi) is 4.41. The fourth-order valence-corrected chi connectivity index (χ4v) is 2.30. The minimum atomic E-state index is -4.56. The molecule has 1 fully saturated rings. The Labute approximate surface area is 119 Å². The molecule has 0 spiro atoms. The first-order chi connectivity index (χ1) is 9.81. The average Bonchev–Trinajstić information content (AvgIpc) is 2.35. The van der Waals surface area contributed by atoms with E-state index in [9.17, 15) is 18.0 Å². The Morgan fingerprint density at radius 1 is 1.43 bits per heavy atom. The minimum absolute atomic E-state index is 0.0244. The number of rotatable bonds is 5. The topological polar surface area (TPSA) is 58.6 Å². The first-order valence-corrected chi connectivity index (χ1v) is 6.64. The zero-order chi connectivity index (χ0) is 15.6. The van der Waals surface area contributed by atoms with Crippen LogP contribution in [0.3, 0.4) is 0 Å². The molecular formula is C14H16F3NO3. The molecule has 1 aliphatic rings. The van der Waals surface area contributed by atoms with E-state index in [0.29, 0.717) is 25.5 Å². The van der Waals surface area contributed by atoms with Crippen LogP contribution in [0, 0.1) is 0 Å². The summed E-state index contributed by atoms with van der Waals surface area (Å²) in [4.78, 5) is 11.1. The van der Waals surface area contributed by atoms with Crippen LogP contribution < -0.4 is 5.32 Å². The molecule has 1 aliphatic carbocycles. The van der Waals surface area contributed by atoms with E-state index in [1.54, 1.807) is 0 Å². The highest BCUT2D eigenvalue weighted by Crippen LogP contribution is 2.33. The molecule has 0 heterocycles. The number of halogens is 3. The summed E-state index contributed by atoms with van der Waals surface area (Å²) in [7, 11) is 0. The van der Waals surface area contributed by atoms with Crippen molar-refractivity contribution in [3.8, 4) is 0 Å². The lowest BCUT2D eigenvalue weighted by Crippen LogP contribution is -2.41. The molecule has 0 amide bonds. The van der Waals surface area contributed by atoms with Crippen molar-refractivity contribution in [3.63, 3.8) is 0 Å². The number of carboxylic acids is 1. The molecule has 0 radical (unpaired) electrons. The Balaban J connectivity index is 2.11. The number of nitrogens with one attached hydrogen (secondary N) is 1. The van der Waals surface area contributed by atoms with Gasteiger partial charge in [-0.3, -0.25) is 0 Å². The highest BCUT2D eigenvalue weighted by Gasteiger charge is 2.33. The zero-order valence-electron chi connectivity index (χ0n) is 11.4. The molecule has 0 aliphatic heterocycles. The van der Waals surface area contributed by atoms with Gasteiger partial charge in [0.15, 0.2) is 0 Å². The molecule has 1 aromatic rings. The van der Waals surface area contributed by atoms with Crippen LogP contribution in [0.15, 0.2) is 18.2 Å². The number of benzene rings is 1. The number of carboxylic acid groups (broad SMARTS) is 1. The average molecular weight is 303 g/mol. The Morgan fingerprint density at radius 2 is 2.10 bits per heavy atom. The summed E-state index contributed by atoms with van der Waals surface area (Å²) in [5, 5.41) is 12.0. The lowest BCUT2D eigenvalue weighted by atomic mass is 9.88. The molecule has 2 rings (SSSR count). The van der Waals surface area contributed by atoms with E-state index in [1.807, 2.05) is 6.92 Å². The van der Waals surface area contributed by atoms with E-state index in [4.69, 9.17) is 9.84 Å². The van der Waals surface area contributed by atoms with Gasteiger partial charge in [0, 0.05) is 18.3 Å². The monoisotopic (exact) mass is 303 g/mol. The minimum Gasteiger partial charge on any atom is -0.478 e. The molecule has 1 aromatic carbocycles. The van der Waals surface area contributed by atoms with Crippen LogP contribution in [-0.4, -0.2) is 29.8 Å². The fraction of sp³-hybridized carbons (Fsp3) is 0.500. The first-order valence-electron chi connectivity index (χ1n) is 6.64. The van der Waals surface area contributed by atoms with Gasteiger partial charge in [-0.2, -0.15) is 13.2 Å². The van der Waals surface area contributed by atoms with E-state index in [2.05, 4.69) is 5.32 Å². The van der Waals surface area contributed by atoms with E-state index < -0.39 is 17.7 Å². The number of anilines is 1. The van der Waals surface area contributed by atoms with Crippen LogP contribution >= 0.6 is 0 Å². The van der Waals surface area contributed by atoms with Crippen molar-refractivity contribution in [2.24, 2.45) is 0 Å². The van der Waals surface area contributed by atoms with E-state index in [0.717, 1.165) is 6.07 Å². The lowest BCUT2D eigenvalue weighted by Gasteiger charge is -2.36. The molecule has 0 atom stereocenters. The number of alkyl halides is 3. The smallest absolute Gasteiger partial charge is 0.416 e. The van der Waals surface area contributed by atoms with Crippen molar-refractivity contribution in [1.82, 2.24) is 0 Å². The molecule has 0 saturated heterocycles. The van der Waals surface area contributed by atoms with E-state index in [-0.39, 0.29) is 23.4 Å². The van der Waals surface area contributed by atoms with Gasteiger partial charge in [0.2, 0.25) is 0 Å². The summed E-state index contributed by atoms with van der Waals surface area (Å²) < 4.78 is 43.2. The molecule has 4 nitrogen and oxygen atoms in total. The summed E-state index contributed by atoms with van der Waals surface area (Å²) in [5.41, 5.74) is -1.13. The lowest BCUT2D eigenvalue weighted by molar-refractivity contribution is -0.137. The Morgan fingerprint density at radius 3 is 2.62 bits per heavy atom. The predicted molar refractivity (Wildman–Crippen MR) is 70.5 cm³/mol. The Bertz CT molecular complexity index is 525.